The Morgan fingerprint density at radius 2 is 1.81 bits per heavy atom. The van der Waals surface area contributed by atoms with E-state index in [1.165, 1.54) is 0 Å². The minimum Gasteiger partial charge on any atom is -0.493 e. The standard InChI is InChI=1S/C33H29ClN4O5/c1-20-30(28(37-38(20)2)19-42-23-16-22(34)17-35-18-23)27-12-6-11-25-26(32(36-31(25)27)43-33(39)40)13-7-15-41-29-14-5-9-21-8-3-4-10-24(21)29/h3-6,8-12,14,16-18,36H,7,13,15,19H2,1-2H3,(H,39,40). The summed E-state index contributed by atoms with van der Waals surface area (Å²) in [6.07, 6.45) is 2.94. The number of aromatic nitrogens is 4. The Morgan fingerprint density at radius 3 is 2.65 bits per heavy atom. The van der Waals surface area contributed by atoms with Gasteiger partial charge in [0.05, 0.1) is 23.3 Å². The lowest BCUT2D eigenvalue weighted by Gasteiger charge is -2.10. The van der Waals surface area contributed by atoms with Crippen LogP contribution in [0, 0.1) is 6.92 Å². The number of pyridine rings is 1. The van der Waals surface area contributed by atoms with Gasteiger partial charge in [-0.1, -0.05) is 66.2 Å². The van der Waals surface area contributed by atoms with Crippen LogP contribution < -0.4 is 14.2 Å². The second-order valence-corrected chi connectivity index (χ2v) is 10.6. The number of fused-ring (bicyclic) bond motifs is 2. The van der Waals surface area contributed by atoms with Crippen molar-refractivity contribution in [3.8, 4) is 28.5 Å². The summed E-state index contributed by atoms with van der Waals surface area (Å²) in [6, 6.07) is 21.7. The molecule has 0 saturated heterocycles. The summed E-state index contributed by atoms with van der Waals surface area (Å²) >= 11 is 6.07. The first kappa shape index (κ1) is 28.1. The molecule has 0 fully saturated rings. The Balaban J connectivity index is 1.29. The number of halogens is 1. The summed E-state index contributed by atoms with van der Waals surface area (Å²) in [5.74, 6) is 1.55. The molecule has 0 bridgehead atoms. The zero-order chi connectivity index (χ0) is 29.9. The maximum Gasteiger partial charge on any atom is 0.512 e. The average Bonchev–Trinajstić information content (AvgIpc) is 3.49. The molecule has 0 unspecified atom stereocenters. The molecular weight excluding hydrogens is 568 g/mol. The highest BCUT2D eigenvalue weighted by Gasteiger charge is 2.22. The third-order valence-corrected chi connectivity index (χ3v) is 7.61. The Labute approximate surface area is 252 Å². The molecule has 0 aliphatic heterocycles. The van der Waals surface area contributed by atoms with E-state index in [2.05, 4.69) is 22.1 Å². The minimum atomic E-state index is -1.39. The first-order valence-electron chi connectivity index (χ1n) is 13.8. The van der Waals surface area contributed by atoms with Crippen molar-refractivity contribution in [1.29, 1.82) is 0 Å². The van der Waals surface area contributed by atoms with E-state index < -0.39 is 6.16 Å². The number of nitrogens with one attached hydrogen (secondary N) is 1. The van der Waals surface area contributed by atoms with Crippen molar-refractivity contribution >= 4 is 39.4 Å². The predicted octanol–water partition coefficient (Wildman–Crippen LogP) is 7.73. The van der Waals surface area contributed by atoms with Crippen molar-refractivity contribution in [3.05, 3.63) is 101 Å². The molecular formula is C33H29ClN4O5. The van der Waals surface area contributed by atoms with Crippen molar-refractivity contribution in [2.75, 3.05) is 6.61 Å². The quantitative estimate of drug-likeness (QED) is 0.123. The number of para-hydroxylation sites is 1. The summed E-state index contributed by atoms with van der Waals surface area (Å²) in [5.41, 5.74) is 4.91. The summed E-state index contributed by atoms with van der Waals surface area (Å²) in [6.45, 7) is 2.62. The van der Waals surface area contributed by atoms with Crippen LogP contribution in [-0.2, 0) is 20.1 Å². The van der Waals surface area contributed by atoms with Crippen LogP contribution in [-0.4, -0.2) is 37.6 Å². The molecule has 10 heteroatoms. The van der Waals surface area contributed by atoms with Gasteiger partial charge in [-0.15, -0.1) is 0 Å². The third-order valence-electron chi connectivity index (χ3n) is 7.40. The fourth-order valence-corrected chi connectivity index (χ4v) is 5.55. The van der Waals surface area contributed by atoms with E-state index in [1.54, 1.807) is 23.1 Å². The molecule has 0 atom stereocenters. The molecule has 0 aliphatic rings. The van der Waals surface area contributed by atoms with Crippen LogP contribution >= 0.6 is 11.6 Å². The number of hydrogen-bond acceptors (Lipinski definition) is 6. The van der Waals surface area contributed by atoms with E-state index >= 15 is 0 Å². The molecule has 3 aromatic heterocycles. The van der Waals surface area contributed by atoms with Crippen LogP contribution in [0.3, 0.4) is 0 Å². The van der Waals surface area contributed by atoms with Gasteiger partial charge in [-0.05, 0) is 31.2 Å². The predicted molar refractivity (Wildman–Crippen MR) is 165 cm³/mol. The van der Waals surface area contributed by atoms with Crippen LogP contribution in [0.1, 0.15) is 23.4 Å². The van der Waals surface area contributed by atoms with E-state index in [4.69, 9.17) is 30.9 Å². The fraction of sp³-hybridized carbons (Fsp3) is 0.182. The van der Waals surface area contributed by atoms with Gasteiger partial charge in [0.2, 0.25) is 5.88 Å². The van der Waals surface area contributed by atoms with Gasteiger partial charge in [0.15, 0.2) is 0 Å². The number of benzene rings is 3. The molecule has 3 heterocycles. The van der Waals surface area contributed by atoms with Gasteiger partial charge >= 0.3 is 6.16 Å². The van der Waals surface area contributed by atoms with Gasteiger partial charge in [-0.2, -0.15) is 5.10 Å². The molecule has 0 saturated carbocycles. The SMILES string of the molecule is Cc1c(-c2cccc3c(CCCOc4cccc5ccccc45)c(OC(=O)O)[nH]c23)c(COc2cncc(Cl)c2)nn1C. The number of H-pyrrole nitrogens is 1. The van der Waals surface area contributed by atoms with E-state index in [1.807, 2.05) is 62.5 Å². The normalized spacial score (nSPS) is 11.2. The van der Waals surface area contributed by atoms with E-state index in [-0.39, 0.29) is 12.5 Å². The van der Waals surface area contributed by atoms with Crippen molar-refractivity contribution in [3.63, 3.8) is 0 Å². The number of ether oxygens (including phenoxy) is 3. The third kappa shape index (κ3) is 5.85. The number of aryl methyl sites for hydroxylation is 2. The summed E-state index contributed by atoms with van der Waals surface area (Å²) in [5, 5.41) is 17.7. The van der Waals surface area contributed by atoms with Gasteiger partial charge in [-0.25, -0.2) is 4.79 Å². The molecule has 0 amide bonds. The number of nitrogens with zero attached hydrogens (tertiary/aromatic N) is 3. The largest absolute Gasteiger partial charge is 0.512 e. The number of rotatable bonds is 10. The number of carboxylic acid groups (broad SMARTS) is 1. The van der Waals surface area contributed by atoms with Gasteiger partial charge in [0.1, 0.15) is 23.8 Å². The van der Waals surface area contributed by atoms with Crippen LogP contribution in [0.15, 0.2) is 79.1 Å². The lowest BCUT2D eigenvalue weighted by molar-refractivity contribution is 0.142. The zero-order valence-corrected chi connectivity index (χ0v) is 24.4. The Kier molecular flexibility index (Phi) is 7.89. The van der Waals surface area contributed by atoms with Crippen LogP contribution in [0.2, 0.25) is 5.02 Å². The molecule has 6 rings (SSSR count). The number of hydrogen-bond donors (Lipinski definition) is 2. The number of carbonyl (C=O) groups is 1. The summed E-state index contributed by atoms with van der Waals surface area (Å²) in [4.78, 5) is 19.0. The first-order chi connectivity index (χ1) is 20.9. The highest BCUT2D eigenvalue weighted by atomic mass is 35.5. The average molecular weight is 597 g/mol. The first-order valence-corrected chi connectivity index (χ1v) is 14.2. The topological polar surface area (TPSA) is 111 Å². The molecule has 43 heavy (non-hydrogen) atoms. The second-order valence-electron chi connectivity index (χ2n) is 10.1. The Morgan fingerprint density at radius 1 is 1.02 bits per heavy atom. The fourth-order valence-electron chi connectivity index (χ4n) is 5.38. The van der Waals surface area contributed by atoms with Gasteiger partial charge in [0.25, 0.3) is 0 Å². The number of aromatic amines is 1. The maximum atomic E-state index is 11.6. The molecule has 3 aromatic carbocycles. The monoisotopic (exact) mass is 596 g/mol. The molecule has 218 valence electrons. The van der Waals surface area contributed by atoms with Crippen molar-refractivity contribution < 1.29 is 24.1 Å². The van der Waals surface area contributed by atoms with Crippen molar-refractivity contribution in [2.45, 2.75) is 26.4 Å². The smallest absolute Gasteiger partial charge is 0.493 e. The van der Waals surface area contributed by atoms with E-state index in [0.29, 0.717) is 35.9 Å². The summed E-state index contributed by atoms with van der Waals surface area (Å²) < 4.78 is 19.1. The Bertz CT molecular complexity index is 1940. The highest BCUT2D eigenvalue weighted by molar-refractivity contribution is 6.30. The summed E-state index contributed by atoms with van der Waals surface area (Å²) in [7, 11) is 1.87. The maximum absolute atomic E-state index is 11.6. The van der Waals surface area contributed by atoms with Gasteiger partial charge < -0.3 is 24.3 Å². The zero-order valence-electron chi connectivity index (χ0n) is 23.6. The van der Waals surface area contributed by atoms with Crippen molar-refractivity contribution in [2.24, 2.45) is 7.05 Å². The molecule has 0 aliphatic carbocycles. The van der Waals surface area contributed by atoms with E-state index in [0.717, 1.165) is 49.8 Å². The molecule has 0 radical (unpaired) electrons. The molecule has 0 spiro atoms. The van der Waals surface area contributed by atoms with Gasteiger partial charge in [-0.3, -0.25) is 9.67 Å². The highest BCUT2D eigenvalue weighted by Crippen LogP contribution is 2.38. The van der Waals surface area contributed by atoms with Crippen LogP contribution in [0.25, 0.3) is 32.8 Å². The lowest BCUT2D eigenvalue weighted by atomic mass is 9.99. The molecule has 2 N–H and O–H groups in total. The lowest BCUT2D eigenvalue weighted by Crippen LogP contribution is -2.06. The Hall–Kier alpha value is -5.02. The van der Waals surface area contributed by atoms with E-state index in [9.17, 15) is 9.90 Å². The molecule has 6 aromatic rings. The molecule has 9 nitrogen and oxygen atoms in total. The van der Waals surface area contributed by atoms with Gasteiger partial charge in [0, 0.05) is 52.5 Å². The van der Waals surface area contributed by atoms with Crippen LogP contribution in [0.4, 0.5) is 4.79 Å². The second kappa shape index (κ2) is 12.1. The van der Waals surface area contributed by atoms with Crippen molar-refractivity contribution in [1.82, 2.24) is 19.7 Å². The minimum absolute atomic E-state index is 0.187. The van der Waals surface area contributed by atoms with Crippen LogP contribution in [0.5, 0.6) is 17.4 Å².